The van der Waals surface area contributed by atoms with E-state index < -0.39 is 11.6 Å². The first kappa shape index (κ1) is 27.1. The molecular weight excluding hydrogens is 503 g/mol. The van der Waals surface area contributed by atoms with E-state index in [1.54, 1.807) is 29.2 Å². The molecule has 3 rings (SSSR count). The topological polar surface area (TPSA) is 49.4 Å². The van der Waals surface area contributed by atoms with Gasteiger partial charge in [-0.05, 0) is 55.7 Å². The van der Waals surface area contributed by atoms with Crippen molar-refractivity contribution < 1.29 is 9.59 Å². The van der Waals surface area contributed by atoms with E-state index in [1.807, 2.05) is 69.3 Å². The molecule has 0 bridgehead atoms. The lowest BCUT2D eigenvalue weighted by Gasteiger charge is -2.34. The summed E-state index contributed by atoms with van der Waals surface area (Å²) in [5, 5.41) is 4.48. The van der Waals surface area contributed by atoms with E-state index >= 15 is 0 Å². The van der Waals surface area contributed by atoms with Gasteiger partial charge in [0.1, 0.15) is 6.04 Å². The molecule has 0 spiro atoms. The number of rotatable bonds is 8. The second-order valence-electron chi connectivity index (χ2n) is 9.47. The largest absolute Gasteiger partial charge is 0.350 e. The lowest BCUT2D eigenvalue weighted by atomic mass is 10.00. The Morgan fingerprint density at radius 1 is 0.857 bits per heavy atom. The molecule has 0 saturated carbocycles. The summed E-state index contributed by atoms with van der Waals surface area (Å²) in [5.41, 5.74) is 1.87. The summed E-state index contributed by atoms with van der Waals surface area (Å²) < 4.78 is 0. The van der Waals surface area contributed by atoms with Gasteiger partial charge in [-0.3, -0.25) is 9.59 Å². The van der Waals surface area contributed by atoms with Gasteiger partial charge in [0.25, 0.3) is 0 Å². The van der Waals surface area contributed by atoms with Gasteiger partial charge >= 0.3 is 0 Å². The lowest BCUT2D eigenvalue weighted by molar-refractivity contribution is -0.141. The number of amides is 2. The normalized spacial score (nSPS) is 12.2. The van der Waals surface area contributed by atoms with Gasteiger partial charge in [-0.25, -0.2) is 0 Å². The molecule has 4 nitrogen and oxygen atoms in total. The average molecular weight is 532 g/mol. The molecule has 3 aromatic rings. The zero-order valence-corrected chi connectivity index (χ0v) is 22.3. The van der Waals surface area contributed by atoms with Gasteiger partial charge in [0, 0.05) is 33.6 Å². The van der Waals surface area contributed by atoms with Gasteiger partial charge in [0.2, 0.25) is 11.8 Å². The summed E-state index contributed by atoms with van der Waals surface area (Å²) in [6.45, 7) is 5.89. The Morgan fingerprint density at radius 3 is 2.14 bits per heavy atom. The molecule has 0 saturated heterocycles. The predicted molar refractivity (Wildman–Crippen MR) is 144 cm³/mol. The SMILES string of the molecule is CC(C)(C)NC(=O)[C@H](Cc1ccccc1)N(Cc1ccc(Cl)cc1Cl)C(=O)Cc1ccccc1Cl. The van der Waals surface area contributed by atoms with Crippen LogP contribution in [-0.2, 0) is 29.0 Å². The highest BCUT2D eigenvalue weighted by atomic mass is 35.5. The summed E-state index contributed by atoms with van der Waals surface area (Å²) in [6, 6.07) is 21.2. The number of nitrogens with one attached hydrogen (secondary N) is 1. The van der Waals surface area contributed by atoms with Crippen molar-refractivity contribution in [2.75, 3.05) is 0 Å². The van der Waals surface area contributed by atoms with Crippen LogP contribution in [0, 0.1) is 0 Å². The smallest absolute Gasteiger partial charge is 0.243 e. The van der Waals surface area contributed by atoms with Crippen LogP contribution >= 0.6 is 34.8 Å². The third-order valence-electron chi connectivity index (χ3n) is 5.42. The fourth-order valence-electron chi connectivity index (χ4n) is 3.75. The van der Waals surface area contributed by atoms with E-state index in [1.165, 1.54) is 0 Å². The summed E-state index contributed by atoms with van der Waals surface area (Å²) in [4.78, 5) is 28.9. The molecule has 7 heteroatoms. The van der Waals surface area contributed by atoms with E-state index in [-0.39, 0.29) is 24.8 Å². The number of hydrogen-bond donors (Lipinski definition) is 1. The van der Waals surface area contributed by atoms with Gasteiger partial charge < -0.3 is 10.2 Å². The molecular formula is C28H29Cl3N2O2. The average Bonchev–Trinajstić information content (AvgIpc) is 2.78. The molecule has 0 aliphatic rings. The number of halogens is 3. The number of hydrogen-bond acceptors (Lipinski definition) is 2. The number of carbonyl (C=O) groups excluding carboxylic acids is 2. The third kappa shape index (κ3) is 7.99. The van der Waals surface area contributed by atoms with Crippen LogP contribution < -0.4 is 5.32 Å². The van der Waals surface area contributed by atoms with Crippen LogP contribution in [0.3, 0.4) is 0 Å². The first-order valence-electron chi connectivity index (χ1n) is 11.4. The summed E-state index contributed by atoms with van der Waals surface area (Å²) in [6.07, 6.45) is 0.404. The van der Waals surface area contributed by atoms with Crippen LogP contribution in [0.2, 0.25) is 15.1 Å². The predicted octanol–water partition coefficient (Wildman–Crippen LogP) is 6.74. The summed E-state index contributed by atoms with van der Waals surface area (Å²) in [5.74, 6) is -0.465. The minimum atomic E-state index is -0.765. The van der Waals surface area contributed by atoms with Crippen LogP contribution in [0.1, 0.15) is 37.5 Å². The Bertz CT molecular complexity index is 1180. The molecule has 2 amide bonds. The minimum Gasteiger partial charge on any atom is -0.350 e. The zero-order chi connectivity index (χ0) is 25.6. The zero-order valence-electron chi connectivity index (χ0n) is 20.0. The van der Waals surface area contributed by atoms with E-state index in [9.17, 15) is 9.59 Å². The quantitative estimate of drug-likeness (QED) is 0.350. The van der Waals surface area contributed by atoms with Crippen molar-refractivity contribution in [2.24, 2.45) is 0 Å². The van der Waals surface area contributed by atoms with Gasteiger partial charge in [0.05, 0.1) is 6.42 Å². The second kappa shape index (κ2) is 11.9. The van der Waals surface area contributed by atoms with Gasteiger partial charge in [-0.15, -0.1) is 0 Å². The van der Waals surface area contributed by atoms with E-state index in [2.05, 4.69) is 5.32 Å². The summed E-state index contributed by atoms with van der Waals surface area (Å²) >= 11 is 18.9. The van der Waals surface area contributed by atoms with Crippen LogP contribution in [-0.4, -0.2) is 28.3 Å². The highest BCUT2D eigenvalue weighted by Crippen LogP contribution is 2.25. The fourth-order valence-corrected chi connectivity index (χ4v) is 4.42. The molecule has 0 aromatic heterocycles. The lowest BCUT2D eigenvalue weighted by Crippen LogP contribution is -2.54. The first-order valence-corrected chi connectivity index (χ1v) is 12.5. The van der Waals surface area contributed by atoms with E-state index in [4.69, 9.17) is 34.8 Å². The van der Waals surface area contributed by atoms with Crippen LogP contribution in [0.4, 0.5) is 0 Å². The molecule has 0 aliphatic heterocycles. The number of nitrogens with zero attached hydrogens (tertiary/aromatic N) is 1. The fraction of sp³-hybridized carbons (Fsp3) is 0.286. The third-order valence-corrected chi connectivity index (χ3v) is 6.38. The molecule has 1 N–H and O–H groups in total. The van der Waals surface area contributed by atoms with E-state index in [0.29, 0.717) is 32.6 Å². The van der Waals surface area contributed by atoms with Crippen molar-refractivity contribution in [3.8, 4) is 0 Å². The number of benzene rings is 3. The first-order chi connectivity index (χ1) is 16.5. The molecule has 0 radical (unpaired) electrons. The highest BCUT2D eigenvalue weighted by molar-refractivity contribution is 6.35. The van der Waals surface area contributed by atoms with Crippen LogP contribution in [0.15, 0.2) is 72.8 Å². The maximum atomic E-state index is 13.8. The Balaban J connectivity index is 2.03. The van der Waals surface area contributed by atoms with Crippen molar-refractivity contribution >= 4 is 46.6 Å². The number of carbonyl (C=O) groups is 2. The molecule has 0 unspecified atom stereocenters. The van der Waals surface area contributed by atoms with Crippen LogP contribution in [0.25, 0.3) is 0 Å². The Morgan fingerprint density at radius 2 is 1.51 bits per heavy atom. The molecule has 1 atom stereocenters. The molecule has 184 valence electrons. The van der Waals surface area contributed by atoms with Gasteiger partial charge in [0.15, 0.2) is 0 Å². The molecule has 35 heavy (non-hydrogen) atoms. The highest BCUT2D eigenvalue weighted by Gasteiger charge is 2.32. The molecule has 0 heterocycles. The van der Waals surface area contributed by atoms with E-state index in [0.717, 1.165) is 5.56 Å². The molecule has 3 aromatic carbocycles. The summed E-state index contributed by atoms with van der Waals surface area (Å²) in [7, 11) is 0. The van der Waals surface area contributed by atoms with Crippen LogP contribution in [0.5, 0.6) is 0 Å². The molecule has 0 aliphatic carbocycles. The van der Waals surface area contributed by atoms with Crippen molar-refractivity contribution in [1.29, 1.82) is 0 Å². The van der Waals surface area contributed by atoms with Crippen molar-refractivity contribution in [1.82, 2.24) is 10.2 Å². The maximum absolute atomic E-state index is 13.8. The monoisotopic (exact) mass is 530 g/mol. The van der Waals surface area contributed by atoms with Crippen molar-refractivity contribution in [3.05, 3.63) is 105 Å². The van der Waals surface area contributed by atoms with Gasteiger partial charge in [-0.2, -0.15) is 0 Å². The standard InChI is InChI=1S/C28H29Cl3N2O2/c1-28(2,3)32-27(35)25(15-19-9-5-4-6-10-19)33(18-21-13-14-22(29)17-24(21)31)26(34)16-20-11-7-8-12-23(20)30/h4-14,17,25H,15-16,18H2,1-3H3,(H,32,35)/t25-/m0/s1. The van der Waals surface area contributed by atoms with Crippen molar-refractivity contribution in [3.63, 3.8) is 0 Å². The minimum absolute atomic E-state index is 0.0545. The second-order valence-corrected chi connectivity index (χ2v) is 10.7. The van der Waals surface area contributed by atoms with Crippen molar-refractivity contribution in [2.45, 2.75) is 51.7 Å². The maximum Gasteiger partial charge on any atom is 0.243 e. The Hall–Kier alpha value is -2.53. The molecule has 0 fully saturated rings. The Kier molecular flexibility index (Phi) is 9.23. The van der Waals surface area contributed by atoms with Gasteiger partial charge in [-0.1, -0.05) is 89.4 Å². The Labute approximate surface area is 222 Å².